The molecule has 0 amide bonds. The molecule has 0 aliphatic carbocycles. The maximum absolute atomic E-state index is 14.5. The molecule has 0 aromatic heterocycles. The molecule has 1 heterocycles. The predicted octanol–water partition coefficient (Wildman–Crippen LogP) is -0.142. The van der Waals surface area contributed by atoms with Gasteiger partial charge in [0.2, 0.25) is 12.5 Å². The summed E-state index contributed by atoms with van der Waals surface area (Å²) >= 11 is 0. The van der Waals surface area contributed by atoms with Crippen LogP contribution >= 0.6 is 0 Å². The highest BCUT2D eigenvalue weighted by Crippen LogP contribution is 2.37. The molecule has 23 heavy (non-hydrogen) atoms. The third kappa shape index (κ3) is 4.12. The number of hydrogen-bond donors (Lipinski definition) is 1. The lowest BCUT2D eigenvalue weighted by Crippen LogP contribution is -2.67. The van der Waals surface area contributed by atoms with E-state index in [0.29, 0.717) is 0 Å². The van der Waals surface area contributed by atoms with Gasteiger partial charge in [-0.1, -0.05) is 0 Å². The Bertz CT molecular complexity index is 523. The summed E-state index contributed by atoms with van der Waals surface area (Å²) in [5.41, 5.74) is 0. The van der Waals surface area contributed by atoms with Gasteiger partial charge in [0.25, 0.3) is 0 Å². The number of rotatable bonds is 4. The molecule has 0 bridgehead atoms. The zero-order valence-electron chi connectivity index (χ0n) is 12.3. The van der Waals surface area contributed by atoms with E-state index in [0.717, 1.165) is 20.8 Å². The first kappa shape index (κ1) is 18.7. The van der Waals surface area contributed by atoms with Crippen molar-refractivity contribution in [2.24, 2.45) is 0 Å². The Balaban J connectivity index is 3.33. The predicted molar refractivity (Wildman–Crippen MR) is 64.1 cm³/mol. The largest absolute Gasteiger partial charge is 0.477 e. The molecule has 0 aromatic rings. The first-order valence-electron chi connectivity index (χ1n) is 6.25. The topological polar surface area (TPSA) is 125 Å². The summed E-state index contributed by atoms with van der Waals surface area (Å²) < 4.78 is 46.2. The number of carboxylic acids is 1. The van der Waals surface area contributed by atoms with Crippen molar-refractivity contribution in [3.8, 4) is 0 Å². The number of carbonyl (C=O) groups is 4. The quantitative estimate of drug-likeness (QED) is 0.549. The number of aliphatic carboxylic acids is 1. The van der Waals surface area contributed by atoms with Gasteiger partial charge in [0.15, 0.2) is 12.2 Å². The standard InChI is InChI=1S/C12H14F2O9/c1-4(15)20-7-8(21-5(2)16)10(13)23-12(14,11(18)19)9(7)22-6(3)17/h7-10H,1-3H3,(H,18,19)/t7-,8-,9+,10-,12+/m1/s1. The van der Waals surface area contributed by atoms with Crippen molar-refractivity contribution >= 4 is 23.9 Å². The summed E-state index contributed by atoms with van der Waals surface area (Å²) in [4.78, 5) is 44.3. The molecule has 1 fully saturated rings. The van der Waals surface area contributed by atoms with Gasteiger partial charge in [0.1, 0.15) is 0 Å². The van der Waals surface area contributed by atoms with Crippen LogP contribution in [-0.2, 0) is 38.1 Å². The van der Waals surface area contributed by atoms with E-state index in [1.807, 2.05) is 0 Å². The zero-order chi connectivity index (χ0) is 17.9. The Hall–Kier alpha value is -2.30. The van der Waals surface area contributed by atoms with Gasteiger partial charge in [0, 0.05) is 20.8 Å². The molecular formula is C12H14F2O9. The van der Waals surface area contributed by atoms with Crippen molar-refractivity contribution in [3.63, 3.8) is 0 Å². The van der Waals surface area contributed by atoms with Crippen LogP contribution in [0.4, 0.5) is 8.78 Å². The van der Waals surface area contributed by atoms with E-state index in [1.165, 1.54) is 0 Å². The second-order valence-corrected chi connectivity index (χ2v) is 4.60. The maximum atomic E-state index is 14.5. The van der Waals surface area contributed by atoms with Crippen LogP contribution in [0.5, 0.6) is 0 Å². The monoisotopic (exact) mass is 340 g/mol. The average molecular weight is 340 g/mol. The van der Waals surface area contributed by atoms with Crippen molar-refractivity contribution in [2.45, 2.75) is 51.3 Å². The number of carbonyl (C=O) groups excluding carboxylic acids is 3. The number of carboxylic acid groups (broad SMARTS) is 1. The molecule has 1 rings (SSSR count). The van der Waals surface area contributed by atoms with Crippen LogP contribution in [0.15, 0.2) is 0 Å². The van der Waals surface area contributed by atoms with E-state index in [-0.39, 0.29) is 0 Å². The molecule has 1 N–H and O–H groups in total. The van der Waals surface area contributed by atoms with Crippen molar-refractivity contribution in [2.75, 3.05) is 0 Å². The Labute approximate surface area is 128 Å². The van der Waals surface area contributed by atoms with E-state index in [2.05, 4.69) is 18.9 Å². The molecule has 0 radical (unpaired) electrons. The Morgan fingerprint density at radius 3 is 1.78 bits per heavy atom. The number of ether oxygens (including phenoxy) is 4. The highest BCUT2D eigenvalue weighted by Gasteiger charge is 2.65. The third-order valence-corrected chi connectivity index (χ3v) is 2.72. The lowest BCUT2D eigenvalue weighted by Gasteiger charge is -2.42. The summed E-state index contributed by atoms with van der Waals surface area (Å²) in [6.07, 6.45) is -9.26. The summed E-state index contributed by atoms with van der Waals surface area (Å²) in [7, 11) is 0. The normalized spacial score (nSPS) is 33.4. The van der Waals surface area contributed by atoms with Gasteiger partial charge in [0.05, 0.1) is 0 Å². The SMILES string of the molecule is CC(=O)O[C@@H]1[C@@H](OC(C)=O)[C@H](OC(C)=O)[C@@](F)(C(=O)O)O[C@H]1F. The molecule has 5 atom stereocenters. The maximum Gasteiger partial charge on any atom is 0.374 e. The van der Waals surface area contributed by atoms with Crippen molar-refractivity contribution in [3.05, 3.63) is 0 Å². The van der Waals surface area contributed by atoms with Crippen LogP contribution < -0.4 is 0 Å². The zero-order valence-corrected chi connectivity index (χ0v) is 12.3. The molecular weight excluding hydrogens is 326 g/mol. The molecule has 0 unspecified atom stereocenters. The second-order valence-electron chi connectivity index (χ2n) is 4.60. The minimum Gasteiger partial charge on any atom is -0.477 e. The van der Waals surface area contributed by atoms with Gasteiger partial charge >= 0.3 is 29.7 Å². The van der Waals surface area contributed by atoms with Gasteiger partial charge in [-0.3, -0.25) is 19.1 Å². The fraction of sp³-hybridized carbons (Fsp3) is 0.667. The fourth-order valence-electron chi connectivity index (χ4n) is 1.96. The lowest BCUT2D eigenvalue weighted by molar-refractivity contribution is -0.335. The molecule has 9 nitrogen and oxygen atoms in total. The Morgan fingerprint density at radius 1 is 0.957 bits per heavy atom. The van der Waals surface area contributed by atoms with Gasteiger partial charge < -0.3 is 19.3 Å². The smallest absolute Gasteiger partial charge is 0.374 e. The molecule has 130 valence electrons. The van der Waals surface area contributed by atoms with Crippen LogP contribution in [0, 0.1) is 0 Å². The van der Waals surface area contributed by atoms with E-state index >= 15 is 0 Å². The fourth-order valence-corrected chi connectivity index (χ4v) is 1.96. The van der Waals surface area contributed by atoms with E-state index < -0.39 is 54.4 Å². The number of halogens is 2. The number of alkyl halides is 2. The van der Waals surface area contributed by atoms with E-state index in [9.17, 15) is 28.0 Å². The molecule has 11 heteroatoms. The molecule has 1 aliphatic heterocycles. The summed E-state index contributed by atoms with van der Waals surface area (Å²) in [5.74, 6) is -9.43. The minimum absolute atomic E-state index is 0.815. The first-order valence-corrected chi connectivity index (χ1v) is 6.25. The van der Waals surface area contributed by atoms with E-state index in [4.69, 9.17) is 5.11 Å². The van der Waals surface area contributed by atoms with Crippen LogP contribution in [0.2, 0.25) is 0 Å². The van der Waals surface area contributed by atoms with Crippen molar-refractivity contribution in [1.82, 2.24) is 0 Å². The van der Waals surface area contributed by atoms with Crippen molar-refractivity contribution < 1.29 is 52.0 Å². The van der Waals surface area contributed by atoms with Gasteiger partial charge in [-0.2, -0.15) is 4.39 Å². The molecule has 0 spiro atoms. The summed E-state index contributed by atoms with van der Waals surface area (Å²) in [6.45, 7) is 2.56. The second kappa shape index (κ2) is 6.86. The summed E-state index contributed by atoms with van der Waals surface area (Å²) in [6, 6.07) is 0. The van der Waals surface area contributed by atoms with E-state index in [1.54, 1.807) is 0 Å². The molecule has 0 aromatic carbocycles. The van der Waals surface area contributed by atoms with Gasteiger partial charge in [-0.15, -0.1) is 0 Å². The highest BCUT2D eigenvalue weighted by molar-refractivity contribution is 5.78. The molecule has 1 saturated heterocycles. The van der Waals surface area contributed by atoms with Gasteiger partial charge in [-0.25, -0.2) is 9.18 Å². The lowest BCUT2D eigenvalue weighted by atomic mass is 9.96. The Morgan fingerprint density at radius 2 is 1.39 bits per heavy atom. The molecule has 1 aliphatic rings. The first-order chi connectivity index (χ1) is 10.5. The average Bonchev–Trinajstić information content (AvgIpc) is 2.37. The minimum atomic E-state index is -3.85. The van der Waals surface area contributed by atoms with Crippen LogP contribution in [0.25, 0.3) is 0 Å². The number of esters is 3. The van der Waals surface area contributed by atoms with Crippen LogP contribution in [-0.4, -0.2) is 59.5 Å². The highest BCUT2D eigenvalue weighted by atomic mass is 19.2. The third-order valence-electron chi connectivity index (χ3n) is 2.72. The Kier molecular flexibility index (Phi) is 5.59. The number of hydrogen-bond acceptors (Lipinski definition) is 8. The van der Waals surface area contributed by atoms with Gasteiger partial charge in [-0.05, 0) is 0 Å². The van der Waals surface area contributed by atoms with Crippen molar-refractivity contribution in [1.29, 1.82) is 0 Å². The summed E-state index contributed by atoms with van der Waals surface area (Å²) in [5, 5.41) is 8.91. The van der Waals surface area contributed by atoms with Crippen LogP contribution in [0.1, 0.15) is 20.8 Å². The van der Waals surface area contributed by atoms with Crippen LogP contribution in [0.3, 0.4) is 0 Å². The molecule has 0 saturated carbocycles.